The molecule has 1 fully saturated rings. The number of ether oxygens (including phenoxy) is 3. The van der Waals surface area contributed by atoms with Gasteiger partial charge in [-0.1, -0.05) is 61.2 Å². The number of amidine groups is 1. The number of carbonyl (C=O) groups excluding carboxylic acids is 2. The van der Waals surface area contributed by atoms with Crippen molar-refractivity contribution in [3.8, 4) is 5.75 Å². The van der Waals surface area contributed by atoms with Gasteiger partial charge in [-0.15, -0.1) is 0 Å². The second-order valence-electron chi connectivity index (χ2n) is 7.99. The lowest BCUT2D eigenvalue weighted by molar-refractivity contribution is -0.141. The van der Waals surface area contributed by atoms with Gasteiger partial charge in [0.15, 0.2) is 5.17 Å². The van der Waals surface area contributed by atoms with Crippen LogP contribution in [0.25, 0.3) is 0 Å². The Balaban J connectivity index is 1.62. The maximum atomic E-state index is 13.2. The van der Waals surface area contributed by atoms with E-state index in [0.717, 1.165) is 11.1 Å². The van der Waals surface area contributed by atoms with Gasteiger partial charge in [0.2, 0.25) is 5.91 Å². The molecule has 2 aromatic carbocycles. The summed E-state index contributed by atoms with van der Waals surface area (Å²) in [4.78, 5) is 32.5. The Morgan fingerprint density at radius 2 is 1.82 bits per heavy atom. The molecular formula is C26H28N2O5S. The van der Waals surface area contributed by atoms with Gasteiger partial charge in [-0.05, 0) is 36.6 Å². The Kier molecular flexibility index (Phi) is 7.70. The lowest BCUT2D eigenvalue weighted by atomic mass is 9.94. The van der Waals surface area contributed by atoms with E-state index in [4.69, 9.17) is 14.2 Å². The predicted octanol–water partition coefficient (Wildman–Crippen LogP) is 4.49. The number of benzene rings is 2. The van der Waals surface area contributed by atoms with Crippen molar-refractivity contribution in [1.29, 1.82) is 0 Å². The summed E-state index contributed by atoms with van der Waals surface area (Å²) in [7, 11) is 1.55. The molecule has 2 aliphatic rings. The summed E-state index contributed by atoms with van der Waals surface area (Å²) in [5.74, 6) is 0.163. The van der Waals surface area contributed by atoms with E-state index in [9.17, 15) is 9.59 Å². The van der Waals surface area contributed by atoms with Crippen molar-refractivity contribution in [2.75, 3.05) is 20.3 Å². The molecule has 0 aliphatic carbocycles. The molecule has 7 nitrogen and oxygen atoms in total. The highest BCUT2D eigenvalue weighted by molar-refractivity contribution is 8.15. The SMILES string of the molecule is CCC1SC2=NC(C)=C(C(=O)OCCOC)C(c3ccc(OCc4ccccc4)cc3)N2C1=O. The number of esters is 1. The van der Waals surface area contributed by atoms with Crippen molar-refractivity contribution in [3.63, 3.8) is 0 Å². The number of hydrogen-bond donors (Lipinski definition) is 0. The van der Waals surface area contributed by atoms with Crippen LogP contribution in [0.3, 0.4) is 0 Å². The number of nitrogens with zero attached hydrogens (tertiary/aromatic N) is 2. The number of rotatable bonds is 9. The van der Waals surface area contributed by atoms with Crippen molar-refractivity contribution >= 4 is 28.8 Å². The van der Waals surface area contributed by atoms with Gasteiger partial charge in [0.25, 0.3) is 0 Å². The molecule has 0 saturated carbocycles. The smallest absolute Gasteiger partial charge is 0.338 e. The highest BCUT2D eigenvalue weighted by Gasteiger charge is 2.47. The van der Waals surface area contributed by atoms with E-state index in [1.165, 1.54) is 11.8 Å². The Labute approximate surface area is 203 Å². The van der Waals surface area contributed by atoms with Gasteiger partial charge in [-0.2, -0.15) is 0 Å². The summed E-state index contributed by atoms with van der Waals surface area (Å²) in [6.45, 7) is 4.63. The van der Waals surface area contributed by atoms with Gasteiger partial charge in [-0.25, -0.2) is 9.79 Å². The molecule has 34 heavy (non-hydrogen) atoms. The average molecular weight is 481 g/mol. The molecule has 8 heteroatoms. The molecule has 2 atom stereocenters. The van der Waals surface area contributed by atoms with Crippen LogP contribution in [-0.4, -0.2) is 47.5 Å². The zero-order chi connectivity index (χ0) is 24.1. The normalized spacial score (nSPS) is 19.7. The molecule has 2 aromatic rings. The van der Waals surface area contributed by atoms with Crippen LogP contribution in [0.2, 0.25) is 0 Å². The second-order valence-corrected chi connectivity index (χ2v) is 9.16. The fourth-order valence-electron chi connectivity index (χ4n) is 3.95. The fraction of sp³-hybridized carbons (Fsp3) is 0.346. The van der Waals surface area contributed by atoms with E-state index in [-0.39, 0.29) is 17.8 Å². The topological polar surface area (TPSA) is 77.4 Å². The lowest BCUT2D eigenvalue weighted by Crippen LogP contribution is -2.40. The molecule has 0 bridgehead atoms. The first-order valence-corrected chi connectivity index (χ1v) is 12.1. The molecule has 0 spiro atoms. The summed E-state index contributed by atoms with van der Waals surface area (Å²) in [5.41, 5.74) is 2.79. The lowest BCUT2D eigenvalue weighted by Gasteiger charge is -2.33. The van der Waals surface area contributed by atoms with E-state index in [1.807, 2.05) is 61.5 Å². The zero-order valence-electron chi connectivity index (χ0n) is 19.5. The van der Waals surface area contributed by atoms with Crippen LogP contribution in [0.1, 0.15) is 37.4 Å². The van der Waals surface area contributed by atoms with Crippen molar-refractivity contribution < 1.29 is 23.8 Å². The number of methoxy groups -OCH3 is 1. The quantitative estimate of drug-likeness (QED) is 0.389. The largest absolute Gasteiger partial charge is 0.489 e. The number of aliphatic imine (C=N–C) groups is 1. The van der Waals surface area contributed by atoms with Crippen LogP contribution in [0.4, 0.5) is 0 Å². The Morgan fingerprint density at radius 1 is 1.09 bits per heavy atom. The van der Waals surface area contributed by atoms with Crippen molar-refractivity contribution in [2.45, 2.75) is 38.2 Å². The highest BCUT2D eigenvalue weighted by atomic mass is 32.2. The summed E-state index contributed by atoms with van der Waals surface area (Å²) in [5, 5.41) is 0.406. The van der Waals surface area contributed by atoms with E-state index in [0.29, 0.717) is 41.8 Å². The average Bonchev–Trinajstić information content (AvgIpc) is 3.17. The highest BCUT2D eigenvalue weighted by Crippen LogP contribution is 2.44. The first-order valence-electron chi connectivity index (χ1n) is 11.3. The second kappa shape index (κ2) is 10.9. The summed E-state index contributed by atoms with van der Waals surface area (Å²) >= 11 is 1.44. The van der Waals surface area contributed by atoms with Crippen molar-refractivity contribution in [1.82, 2.24) is 4.90 Å². The predicted molar refractivity (Wildman–Crippen MR) is 131 cm³/mol. The zero-order valence-corrected chi connectivity index (χ0v) is 20.3. The van der Waals surface area contributed by atoms with Gasteiger partial charge in [-0.3, -0.25) is 9.69 Å². The molecule has 1 amide bonds. The van der Waals surface area contributed by atoms with Gasteiger partial charge in [0.05, 0.1) is 29.2 Å². The minimum Gasteiger partial charge on any atom is -0.489 e. The Hall–Kier alpha value is -3.10. The van der Waals surface area contributed by atoms with E-state index in [1.54, 1.807) is 18.9 Å². The fourth-order valence-corrected chi connectivity index (χ4v) is 5.08. The summed E-state index contributed by atoms with van der Waals surface area (Å²) in [6, 6.07) is 16.8. The van der Waals surface area contributed by atoms with Crippen LogP contribution in [0.5, 0.6) is 5.75 Å². The Bertz CT molecular complexity index is 1100. The molecule has 2 unspecified atom stereocenters. The summed E-state index contributed by atoms with van der Waals surface area (Å²) < 4.78 is 16.3. The molecule has 178 valence electrons. The minimum atomic E-state index is -0.609. The first kappa shape index (κ1) is 24.0. The maximum Gasteiger partial charge on any atom is 0.338 e. The van der Waals surface area contributed by atoms with Crippen LogP contribution in [-0.2, 0) is 25.7 Å². The molecule has 2 aliphatic heterocycles. The number of carbonyl (C=O) groups is 2. The van der Waals surface area contributed by atoms with Gasteiger partial charge >= 0.3 is 5.97 Å². The van der Waals surface area contributed by atoms with E-state index < -0.39 is 12.0 Å². The van der Waals surface area contributed by atoms with E-state index in [2.05, 4.69) is 4.99 Å². The number of amides is 1. The van der Waals surface area contributed by atoms with E-state index >= 15 is 0 Å². The third-order valence-corrected chi connectivity index (χ3v) is 7.03. The molecule has 0 radical (unpaired) electrons. The minimum absolute atomic E-state index is 0.0460. The molecule has 2 heterocycles. The molecule has 0 N–H and O–H groups in total. The third kappa shape index (κ3) is 5.03. The van der Waals surface area contributed by atoms with Crippen LogP contribution in [0.15, 0.2) is 70.9 Å². The van der Waals surface area contributed by atoms with Crippen LogP contribution < -0.4 is 4.74 Å². The standard InChI is InChI=1S/C26H28N2O5S/c1-4-21-24(29)28-23(22(17(2)27-26(28)34-21)25(30)32-15-14-31-3)19-10-12-20(13-11-19)33-16-18-8-6-5-7-9-18/h5-13,21,23H,4,14-16H2,1-3H3. The van der Waals surface area contributed by atoms with Crippen LogP contribution in [0, 0.1) is 0 Å². The molecule has 1 saturated heterocycles. The van der Waals surface area contributed by atoms with Crippen molar-refractivity contribution in [3.05, 3.63) is 77.0 Å². The Morgan fingerprint density at radius 3 is 2.50 bits per heavy atom. The molecule has 4 rings (SSSR count). The van der Waals surface area contributed by atoms with Crippen LogP contribution >= 0.6 is 11.8 Å². The van der Waals surface area contributed by atoms with Gasteiger partial charge in [0, 0.05) is 7.11 Å². The summed E-state index contributed by atoms with van der Waals surface area (Å²) in [6.07, 6.45) is 0.685. The van der Waals surface area contributed by atoms with Gasteiger partial charge < -0.3 is 14.2 Å². The van der Waals surface area contributed by atoms with Crippen molar-refractivity contribution in [2.24, 2.45) is 4.99 Å². The monoisotopic (exact) mass is 480 g/mol. The van der Waals surface area contributed by atoms with Gasteiger partial charge in [0.1, 0.15) is 19.0 Å². The number of allylic oxidation sites excluding steroid dienone is 1. The third-order valence-electron chi connectivity index (χ3n) is 5.71. The first-order chi connectivity index (χ1) is 16.5. The number of hydrogen-bond acceptors (Lipinski definition) is 7. The number of fused-ring (bicyclic) bond motifs is 1. The number of thioether (sulfide) groups is 1. The maximum absolute atomic E-state index is 13.2. The molecular weight excluding hydrogens is 452 g/mol. The molecule has 0 aromatic heterocycles.